The van der Waals surface area contributed by atoms with Crippen molar-refractivity contribution in [1.82, 2.24) is 0 Å². The van der Waals surface area contributed by atoms with Crippen molar-refractivity contribution in [3.8, 4) is 5.75 Å². The van der Waals surface area contributed by atoms with Gasteiger partial charge in [0.2, 0.25) is 0 Å². The van der Waals surface area contributed by atoms with Crippen LogP contribution in [0.4, 0.5) is 0 Å². The molecule has 0 heterocycles. The fourth-order valence-electron chi connectivity index (χ4n) is 1.64. The first kappa shape index (κ1) is 14.0. The van der Waals surface area contributed by atoms with E-state index in [9.17, 15) is 14.7 Å². The molecule has 6 nitrogen and oxygen atoms in total. The van der Waals surface area contributed by atoms with E-state index in [1.807, 2.05) is 0 Å². The molecule has 0 saturated heterocycles. The summed E-state index contributed by atoms with van der Waals surface area (Å²) in [5.41, 5.74) is 6.18. The number of carbonyl (C=O) groups is 2. The Hall–Kier alpha value is -2.08. The highest BCUT2D eigenvalue weighted by Gasteiger charge is 2.23. The third kappa shape index (κ3) is 2.78. The summed E-state index contributed by atoms with van der Waals surface area (Å²) < 4.78 is 4.46. The largest absolute Gasteiger partial charge is 0.507 e. The first-order chi connectivity index (χ1) is 8.38. The van der Waals surface area contributed by atoms with E-state index in [1.54, 1.807) is 6.92 Å². The number of benzene rings is 1. The topological polar surface area (TPSA) is 110 Å². The molecule has 4 N–H and O–H groups in total. The lowest BCUT2D eigenvalue weighted by atomic mass is 9.95. The van der Waals surface area contributed by atoms with Crippen LogP contribution in [0.2, 0.25) is 0 Å². The van der Waals surface area contributed by atoms with Crippen LogP contribution in [-0.4, -0.2) is 29.3 Å². The number of aromatic carboxylic acids is 1. The number of nitrogens with two attached hydrogens (primary N) is 1. The molecule has 1 rings (SSSR count). The molecule has 0 spiro atoms. The molecule has 98 valence electrons. The number of esters is 1. The van der Waals surface area contributed by atoms with Crippen LogP contribution in [-0.2, 0) is 9.53 Å². The molecule has 0 fully saturated rings. The SMILES string of the molecule is COC(=O)C[C@@H](N)c1c(C(=O)O)ccc(C)c1O. The van der Waals surface area contributed by atoms with Gasteiger partial charge in [-0.2, -0.15) is 0 Å². The van der Waals surface area contributed by atoms with E-state index >= 15 is 0 Å². The van der Waals surface area contributed by atoms with Crippen LogP contribution < -0.4 is 5.73 Å². The molecule has 1 aromatic rings. The van der Waals surface area contributed by atoms with Gasteiger partial charge >= 0.3 is 11.9 Å². The molecule has 0 bridgehead atoms. The predicted octanol–water partition coefficient (Wildman–Crippen LogP) is 0.962. The number of carbonyl (C=O) groups excluding carboxylic acids is 1. The Morgan fingerprint density at radius 1 is 1.44 bits per heavy atom. The molecule has 0 aliphatic carbocycles. The van der Waals surface area contributed by atoms with Gasteiger partial charge in [-0.15, -0.1) is 0 Å². The maximum absolute atomic E-state index is 11.1. The number of methoxy groups -OCH3 is 1. The van der Waals surface area contributed by atoms with Gasteiger partial charge in [0.05, 0.1) is 19.1 Å². The maximum Gasteiger partial charge on any atom is 0.336 e. The zero-order valence-electron chi connectivity index (χ0n) is 10.1. The molecular weight excluding hydrogens is 238 g/mol. The molecule has 1 atom stereocenters. The van der Waals surface area contributed by atoms with E-state index in [2.05, 4.69) is 4.74 Å². The van der Waals surface area contributed by atoms with Crippen molar-refractivity contribution >= 4 is 11.9 Å². The molecule has 18 heavy (non-hydrogen) atoms. The zero-order chi connectivity index (χ0) is 13.9. The number of aromatic hydroxyl groups is 1. The highest BCUT2D eigenvalue weighted by molar-refractivity contribution is 5.91. The van der Waals surface area contributed by atoms with Crippen LogP contribution in [0.3, 0.4) is 0 Å². The van der Waals surface area contributed by atoms with Gasteiger partial charge in [-0.25, -0.2) is 4.79 Å². The lowest BCUT2D eigenvalue weighted by Crippen LogP contribution is -2.19. The van der Waals surface area contributed by atoms with Crippen LogP contribution in [0.5, 0.6) is 5.75 Å². The predicted molar refractivity (Wildman–Crippen MR) is 63.4 cm³/mol. The summed E-state index contributed by atoms with van der Waals surface area (Å²) in [6.07, 6.45) is -0.201. The van der Waals surface area contributed by atoms with E-state index in [0.29, 0.717) is 5.56 Å². The van der Waals surface area contributed by atoms with Crippen molar-refractivity contribution < 1.29 is 24.5 Å². The second kappa shape index (κ2) is 5.50. The average Bonchev–Trinajstić information content (AvgIpc) is 2.31. The monoisotopic (exact) mass is 253 g/mol. The van der Waals surface area contributed by atoms with Crippen molar-refractivity contribution in [2.24, 2.45) is 5.73 Å². The van der Waals surface area contributed by atoms with E-state index in [-0.39, 0.29) is 23.3 Å². The third-order valence-corrected chi connectivity index (χ3v) is 2.63. The Labute approximate surface area is 104 Å². The molecular formula is C12H15NO5. The fourth-order valence-corrected chi connectivity index (χ4v) is 1.64. The Balaban J connectivity index is 3.23. The van der Waals surface area contributed by atoms with Gasteiger partial charge in [0.15, 0.2) is 0 Å². The first-order valence-corrected chi connectivity index (χ1v) is 5.26. The van der Waals surface area contributed by atoms with Gasteiger partial charge < -0.3 is 20.7 Å². The molecule has 1 aromatic carbocycles. The van der Waals surface area contributed by atoms with Crippen LogP contribution in [0.1, 0.15) is 33.9 Å². The number of carboxylic acids is 1. The summed E-state index contributed by atoms with van der Waals surface area (Å²) in [4.78, 5) is 22.2. The van der Waals surface area contributed by atoms with Crippen molar-refractivity contribution in [2.45, 2.75) is 19.4 Å². The van der Waals surface area contributed by atoms with Gasteiger partial charge in [0.25, 0.3) is 0 Å². The number of phenols is 1. The minimum atomic E-state index is -1.21. The smallest absolute Gasteiger partial charge is 0.336 e. The molecule has 0 aliphatic heterocycles. The Morgan fingerprint density at radius 3 is 2.56 bits per heavy atom. The number of aryl methyl sites for hydroxylation is 1. The fraction of sp³-hybridized carbons (Fsp3) is 0.333. The van der Waals surface area contributed by atoms with Crippen molar-refractivity contribution in [2.75, 3.05) is 7.11 Å². The minimum absolute atomic E-state index is 0.0490. The van der Waals surface area contributed by atoms with Gasteiger partial charge in [0, 0.05) is 11.6 Å². The number of ether oxygens (including phenoxy) is 1. The average molecular weight is 253 g/mol. The summed E-state index contributed by atoms with van der Waals surface area (Å²) >= 11 is 0. The van der Waals surface area contributed by atoms with Crippen LogP contribution in [0.15, 0.2) is 12.1 Å². The minimum Gasteiger partial charge on any atom is -0.507 e. The highest BCUT2D eigenvalue weighted by atomic mass is 16.5. The lowest BCUT2D eigenvalue weighted by molar-refractivity contribution is -0.141. The maximum atomic E-state index is 11.1. The summed E-state index contributed by atoms with van der Waals surface area (Å²) in [7, 11) is 1.21. The third-order valence-electron chi connectivity index (χ3n) is 2.63. The molecule has 0 radical (unpaired) electrons. The van der Waals surface area contributed by atoms with Crippen LogP contribution in [0, 0.1) is 6.92 Å². The standard InChI is InChI=1S/C12H15NO5/c1-6-3-4-7(12(16)17)10(11(6)15)8(13)5-9(14)18-2/h3-4,8,15H,5,13H2,1-2H3,(H,16,17)/t8-/m1/s1. The number of hydrogen-bond acceptors (Lipinski definition) is 5. The number of phenolic OH excluding ortho intramolecular Hbond substituents is 1. The Morgan fingerprint density at radius 2 is 2.06 bits per heavy atom. The number of carboxylic acid groups (broad SMARTS) is 1. The van der Waals surface area contributed by atoms with Crippen LogP contribution in [0.25, 0.3) is 0 Å². The number of rotatable bonds is 4. The Bertz CT molecular complexity index is 484. The lowest BCUT2D eigenvalue weighted by Gasteiger charge is -2.16. The molecule has 0 aliphatic rings. The molecule has 0 aromatic heterocycles. The van der Waals surface area contributed by atoms with E-state index < -0.39 is 18.0 Å². The van der Waals surface area contributed by atoms with E-state index in [1.165, 1.54) is 19.2 Å². The second-order valence-corrected chi connectivity index (χ2v) is 3.88. The quantitative estimate of drug-likeness (QED) is 0.689. The van der Waals surface area contributed by atoms with Gasteiger partial charge in [0.1, 0.15) is 5.75 Å². The second-order valence-electron chi connectivity index (χ2n) is 3.88. The van der Waals surface area contributed by atoms with Crippen molar-refractivity contribution in [1.29, 1.82) is 0 Å². The molecule has 0 amide bonds. The summed E-state index contributed by atoms with van der Waals surface area (Å²) in [6.45, 7) is 1.62. The van der Waals surface area contributed by atoms with Gasteiger partial charge in [-0.05, 0) is 18.6 Å². The highest BCUT2D eigenvalue weighted by Crippen LogP contribution is 2.31. The van der Waals surface area contributed by atoms with Gasteiger partial charge in [-0.3, -0.25) is 4.79 Å². The van der Waals surface area contributed by atoms with E-state index in [4.69, 9.17) is 10.8 Å². The Kier molecular flexibility index (Phi) is 4.28. The molecule has 6 heteroatoms. The summed E-state index contributed by atoms with van der Waals surface area (Å²) in [6, 6.07) is 1.90. The summed E-state index contributed by atoms with van der Waals surface area (Å²) in [5.74, 6) is -1.98. The number of hydrogen-bond donors (Lipinski definition) is 3. The van der Waals surface area contributed by atoms with Crippen molar-refractivity contribution in [3.05, 3.63) is 28.8 Å². The summed E-state index contributed by atoms with van der Waals surface area (Å²) in [5, 5.41) is 18.9. The normalized spacial score (nSPS) is 11.9. The van der Waals surface area contributed by atoms with Gasteiger partial charge in [-0.1, -0.05) is 6.07 Å². The van der Waals surface area contributed by atoms with Crippen LogP contribution >= 0.6 is 0 Å². The first-order valence-electron chi connectivity index (χ1n) is 5.26. The molecule has 0 unspecified atom stereocenters. The zero-order valence-corrected chi connectivity index (χ0v) is 10.1. The van der Waals surface area contributed by atoms with E-state index in [0.717, 1.165) is 0 Å². The molecule has 0 saturated carbocycles. The van der Waals surface area contributed by atoms with Crippen molar-refractivity contribution in [3.63, 3.8) is 0 Å².